The number of hydrogen-bond donors (Lipinski definition) is 2. The van der Waals surface area contributed by atoms with E-state index in [4.69, 9.17) is 5.11 Å². The first-order valence-electron chi connectivity index (χ1n) is 6.50. The van der Waals surface area contributed by atoms with E-state index in [1.807, 2.05) is 20.9 Å². The number of nitrogens with zero attached hydrogens (tertiary/aromatic N) is 1. The maximum atomic E-state index is 12.2. The van der Waals surface area contributed by atoms with Crippen molar-refractivity contribution >= 4 is 11.9 Å². The van der Waals surface area contributed by atoms with Crippen molar-refractivity contribution in [3.05, 3.63) is 0 Å². The summed E-state index contributed by atoms with van der Waals surface area (Å²) in [5.74, 6) is -0.800. The van der Waals surface area contributed by atoms with Gasteiger partial charge in [0.25, 0.3) is 0 Å². The minimum absolute atomic E-state index is 0.0266. The molecule has 1 heterocycles. The highest BCUT2D eigenvalue weighted by Gasteiger charge is 2.29. The van der Waals surface area contributed by atoms with E-state index >= 15 is 0 Å². The molecule has 1 fully saturated rings. The van der Waals surface area contributed by atoms with E-state index in [1.54, 1.807) is 4.90 Å². The molecule has 1 saturated heterocycles. The molecule has 0 aromatic rings. The third-order valence-electron chi connectivity index (χ3n) is 3.51. The molecular weight excluding hydrogens is 232 g/mol. The van der Waals surface area contributed by atoms with Gasteiger partial charge in [-0.1, -0.05) is 13.8 Å². The van der Waals surface area contributed by atoms with E-state index < -0.39 is 11.4 Å². The number of piperidine rings is 1. The van der Waals surface area contributed by atoms with Gasteiger partial charge in [0.2, 0.25) is 5.91 Å². The van der Waals surface area contributed by atoms with Crippen molar-refractivity contribution in [1.82, 2.24) is 10.2 Å². The maximum Gasteiger partial charge on any atom is 0.303 e. The lowest BCUT2D eigenvalue weighted by molar-refractivity contribution is -0.141. The molecule has 104 valence electrons. The fourth-order valence-electron chi connectivity index (χ4n) is 2.40. The number of aliphatic carboxylic acids is 1. The summed E-state index contributed by atoms with van der Waals surface area (Å²) in [6.07, 6.45) is 2.27. The molecule has 1 aliphatic heterocycles. The summed E-state index contributed by atoms with van der Waals surface area (Å²) in [4.78, 5) is 24.7. The molecule has 0 aromatic heterocycles. The van der Waals surface area contributed by atoms with E-state index in [1.165, 1.54) is 0 Å². The van der Waals surface area contributed by atoms with Crippen LogP contribution in [0.1, 0.15) is 39.5 Å². The summed E-state index contributed by atoms with van der Waals surface area (Å²) < 4.78 is 0. The predicted octanol–water partition coefficient (Wildman–Crippen LogP) is 1.09. The van der Waals surface area contributed by atoms with Crippen LogP contribution >= 0.6 is 0 Å². The van der Waals surface area contributed by atoms with Crippen LogP contribution in [0.15, 0.2) is 0 Å². The van der Waals surface area contributed by atoms with E-state index in [0.29, 0.717) is 12.5 Å². The van der Waals surface area contributed by atoms with Gasteiger partial charge >= 0.3 is 5.97 Å². The van der Waals surface area contributed by atoms with Crippen LogP contribution in [0.3, 0.4) is 0 Å². The Labute approximate surface area is 109 Å². The van der Waals surface area contributed by atoms with Crippen molar-refractivity contribution in [2.75, 3.05) is 20.1 Å². The fourth-order valence-corrected chi connectivity index (χ4v) is 2.40. The quantitative estimate of drug-likeness (QED) is 0.772. The van der Waals surface area contributed by atoms with Gasteiger partial charge < -0.3 is 15.3 Å². The number of carbonyl (C=O) groups is 2. The Kier molecular flexibility index (Phi) is 5.14. The van der Waals surface area contributed by atoms with Crippen LogP contribution in [0.4, 0.5) is 0 Å². The molecule has 5 heteroatoms. The van der Waals surface area contributed by atoms with Crippen molar-refractivity contribution in [3.63, 3.8) is 0 Å². The number of carboxylic acid groups (broad SMARTS) is 1. The second kappa shape index (κ2) is 6.18. The molecule has 1 amide bonds. The number of carboxylic acids is 1. The first-order chi connectivity index (χ1) is 8.32. The summed E-state index contributed by atoms with van der Waals surface area (Å²) in [6.45, 7) is 5.55. The first-order valence-corrected chi connectivity index (χ1v) is 6.50. The van der Waals surface area contributed by atoms with E-state index in [2.05, 4.69) is 5.32 Å². The maximum absolute atomic E-state index is 12.2. The Morgan fingerprint density at radius 3 is 2.33 bits per heavy atom. The summed E-state index contributed by atoms with van der Waals surface area (Å²) in [6, 6.07) is 0.291. The second-order valence-electron chi connectivity index (χ2n) is 5.90. The Hall–Kier alpha value is -1.10. The van der Waals surface area contributed by atoms with Gasteiger partial charge in [-0.25, -0.2) is 0 Å². The zero-order valence-electron chi connectivity index (χ0n) is 11.5. The Morgan fingerprint density at radius 2 is 1.83 bits per heavy atom. The monoisotopic (exact) mass is 256 g/mol. The standard InChI is InChI=1S/C13H24N2O3/c1-13(2,9-12(17)18)8-11(16)15(3)10-4-6-14-7-5-10/h10,14H,4-9H2,1-3H3,(H,17,18). The topological polar surface area (TPSA) is 69.6 Å². The predicted molar refractivity (Wildman–Crippen MR) is 69.3 cm³/mol. The second-order valence-corrected chi connectivity index (χ2v) is 5.90. The summed E-state index contributed by atoms with van der Waals surface area (Å²) >= 11 is 0. The third kappa shape index (κ3) is 4.64. The zero-order chi connectivity index (χ0) is 13.8. The van der Waals surface area contributed by atoms with E-state index in [0.717, 1.165) is 25.9 Å². The van der Waals surface area contributed by atoms with Crippen LogP contribution in [0, 0.1) is 5.41 Å². The highest BCUT2D eigenvalue weighted by atomic mass is 16.4. The molecule has 5 nitrogen and oxygen atoms in total. The lowest BCUT2D eigenvalue weighted by Gasteiger charge is -2.34. The van der Waals surface area contributed by atoms with Gasteiger partial charge in [-0.2, -0.15) is 0 Å². The van der Waals surface area contributed by atoms with Crippen molar-refractivity contribution in [2.45, 2.75) is 45.6 Å². The molecule has 1 aliphatic rings. The normalized spacial score (nSPS) is 17.5. The van der Waals surface area contributed by atoms with Gasteiger partial charge in [0, 0.05) is 19.5 Å². The van der Waals surface area contributed by atoms with Gasteiger partial charge in [0.1, 0.15) is 0 Å². The Bertz CT molecular complexity index is 309. The summed E-state index contributed by atoms with van der Waals surface area (Å²) in [7, 11) is 1.83. The zero-order valence-corrected chi connectivity index (χ0v) is 11.5. The Balaban J connectivity index is 2.50. The Morgan fingerprint density at radius 1 is 1.28 bits per heavy atom. The lowest BCUT2D eigenvalue weighted by Crippen LogP contribution is -2.45. The van der Waals surface area contributed by atoms with Crippen LogP contribution in [0.2, 0.25) is 0 Å². The van der Waals surface area contributed by atoms with Gasteiger partial charge in [-0.05, 0) is 31.3 Å². The van der Waals surface area contributed by atoms with Gasteiger partial charge in [-0.3, -0.25) is 9.59 Å². The molecule has 0 unspecified atom stereocenters. The molecule has 0 atom stereocenters. The molecule has 1 rings (SSSR count). The van der Waals surface area contributed by atoms with Crippen molar-refractivity contribution in [1.29, 1.82) is 0 Å². The smallest absolute Gasteiger partial charge is 0.303 e. The molecule has 0 aliphatic carbocycles. The first kappa shape index (κ1) is 15.0. The summed E-state index contributed by atoms with van der Waals surface area (Å²) in [5, 5.41) is 12.1. The number of hydrogen-bond acceptors (Lipinski definition) is 3. The van der Waals surface area contributed by atoms with Crippen LogP contribution in [-0.4, -0.2) is 48.1 Å². The molecule has 0 aromatic carbocycles. The van der Waals surface area contributed by atoms with Gasteiger partial charge in [0.15, 0.2) is 0 Å². The number of carbonyl (C=O) groups excluding carboxylic acids is 1. The molecule has 2 N–H and O–H groups in total. The molecule has 0 spiro atoms. The average Bonchev–Trinajstić information content (AvgIpc) is 2.26. The minimum atomic E-state index is -0.850. The highest BCUT2D eigenvalue weighted by molar-refractivity contribution is 5.78. The molecule has 0 saturated carbocycles. The number of amides is 1. The highest BCUT2D eigenvalue weighted by Crippen LogP contribution is 2.26. The van der Waals surface area contributed by atoms with Crippen LogP contribution in [0.5, 0.6) is 0 Å². The number of nitrogens with one attached hydrogen (secondary N) is 1. The van der Waals surface area contributed by atoms with Crippen molar-refractivity contribution in [2.24, 2.45) is 5.41 Å². The molecule has 18 heavy (non-hydrogen) atoms. The molecular formula is C13H24N2O3. The third-order valence-corrected chi connectivity index (χ3v) is 3.51. The molecule has 0 radical (unpaired) electrons. The van der Waals surface area contributed by atoms with Gasteiger partial charge in [-0.15, -0.1) is 0 Å². The average molecular weight is 256 g/mol. The van der Waals surface area contributed by atoms with Crippen molar-refractivity contribution < 1.29 is 14.7 Å². The van der Waals surface area contributed by atoms with Crippen LogP contribution in [-0.2, 0) is 9.59 Å². The number of rotatable bonds is 5. The van der Waals surface area contributed by atoms with E-state index in [-0.39, 0.29) is 12.3 Å². The summed E-state index contributed by atoms with van der Waals surface area (Å²) in [5.41, 5.74) is -0.482. The van der Waals surface area contributed by atoms with Crippen LogP contribution < -0.4 is 5.32 Å². The van der Waals surface area contributed by atoms with Crippen molar-refractivity contribution in [3.8, 4) is 0 Å². The fraction of sp³-hybridized carbons (Fsp3) is 0.846. The minimum Gasteiger partial charge on any atom is -0.481 e. The van der Waals surface area contributed by atoms with Gasteiger partial charge in [0.05, 0.1) is 6.42 Å². The largest absolute Gasteiger partial charge is 0.481 e. The van der Waals surface area contributed by atoms with Crippen LogP contribution in [0.25, 0.3) is 0 Å². The van der Waals surface area contributed by atoms with E-state index in [9.17, 15) is 9.59 Å². The SMILES string of the molecule is CN(C(=O)CC(C)(C)CC(=O)O)C1CCNCC1. The molecule has 0 bridgehead atoms. The lowest BCUT2D eigenvalue weighted by atomic mass is 9.85.